The fraction of sp³-hybridized carbons (Fsp3) is 0.571. The van der Waals surface area contributed by atoms with E-state index in [1.165, 1.54) is 0 Å². The highest BCUT2D eigenvalue weighted by Crippen LogP contribution is 2.23. The molecule has 0 saturated carbocycles. The van der Waals surface area contributed by atoms with Crippen molar-refractivity contribution in [3.05, 3.63) is 42.6 Å². The number of anilines is 1. The number of esters is 1. The van der Waals surface area contributed by atoms with Crippen LogP contribution in [0.25, 0.3) is 11.1 Å². The molecule has 2 rings (SSSR count). The number of carbonyl (C=O) groups is 4. The summed E-state index contributed by atoms with van der Waals surface area (Å²) in [6.07, 6.45) is 0.965. The van der Waals surface area contributed by atoms with Gasteiger partial charge in [-0.1, -0.05) is 12.1 Å². The minimum absolute atomic E-state index is 0.124. The molecule has 49 heavy (non-hydrogen) atoms. The van der Waals surface area contributed by atoms with Crippen molar-refractivity contribution in [3.8, 4) is 16.9 Å². The van der Waals surface area contributed by atoms with E-state index in [-0.39, 0.29) is 6.61 Å². The summed E-state index contributed by atoms with van der Waals surface area (Å²) < 4.78 is 23.4. The molecule has 0 unspecified atom stereocenters. The molecule has 0 aliphatic heterocycles. The van der Waals surface area contributed by atoms with Crippen LogP contribution in [0.5, 0.6) is 5.75 Å². The molecule has 14 nitrogen and oxygen atoms in total. The Bertz CT molecular complexity index is 1410. The Kier molecular flexibility index (Phi) is 14.8. The Morgan fingerprint density at radius 2 is 1.35 bits per heavy atom. The standard InChI is InChI=1S/C35H53N5O9/c1-33(2,3)46-30(42)27(49-36)22-45-25-17-14-23(15-18-25)24-16-19-28(40(10)21-24)39-29(41)26(38-32(44)48-35(7,8)9)13-11-12-20-37-31(43)47-34(4,5)6/h14-19,21,26-27H,11-13,20,22,36H2,1-10H3,(H2,37,38,43,44)/p+1/t26-,27-/m0/s1. The normalized spacial score (nSPS) is 13.0. The van der Waals surface area contributed by atoms with Crippen LogP contribution in [0.4, 0.5) is 15.4 Å². The van der Waals surface area contributed by atoms with Gasteiger partial charge in [0.25, 0.3) is 5.82 Å². The highest BCUT2D eigenvalue weighted by atomic mass is 16.7. The zero-order valence-electron chi connectivity index (χ0n) is 30.4. The van der Waals surface area contributed by atoms with Gasteiger partial charge in [0.1, 0.15) is 35.2 Å². The van der Waals surface area contributed by atoms with Gasteiger partial charge in [0, 0.05) is 18.2 Å². The molecule has 2 atom stereocenters. The van der Waals surface area contributed by atoms with E-state index in [9.17, 15) is 19.2 Å². The number of amides is 3. The van der Waals surface area contributed by atoms with Crippen molar-refractivity contribution in [1.29, 1.82) is 0 Å². The highest BCUT2D eigenvalue weighted by Gasteiger charge is 2.29. The van der Waals surface area contributed by atoms with Gasteiger partial charge in [0.2, 0.25) is 6.10 Å². The smallest absolute Gasteiger partial charge is 0.408 e. The maximum Gasteiger partial charge on any atom is 0.408 e. The van der Waals surface area contributed by atoms with Crippen LogP contribution in [0.2, 0.25) is 0 Å². The first-order valence-electron chi connectivity index (χ1n) is 16.2. The average molecular weight is 689 g/mol. The molecule has 0 spiro atoms. The number of hydrogen-bond donors (Lipinski definition) is 4. The summed E-state index contributed by atoms with van der Waals surface area (Å²) in [5.41, 5.74) is -0.285. The van der Waals surface area contributed by atoms with Crippen LogP contribution in [-0.2, 0) is 35.7 Å². The van der Waals surface area contributed by atoms with Crippen LogP contribution >= 0.6 is 0 Å². The van der Waals surface area contributed by atoms with Crippen LogP contribution in [0, 0.1) is 0 Å². The number of pyridine rings is 1. The van der Waals surface area contributed by atoms with Gasteiger partial charge in [-0.25, -0.2) is 35.0 Å². The number of hydrogen-bond acceptors (Lipinski definition) is 10. The van der Waals surface area contributed by atoms with Crippen molar-refractivity contribution in [3.63, 3.8) is 0 Å². The van der Waals surface area contributed by atoms with Gasteiger partial charge in [-0.15, -0.1) is 0 Å². The quantitative estimate of drug-likeness (QED) is 0.0715. The predicted octanol–water partition coefficient (Wildman–Crippen LogP) is 4.68. The number of nitrogens with one attached hydrogen (secondary N) is 3. The second-order valence-corrected chi connectivity index (χ2v) is 14.5. The first kappa shape index (κ1) is 40.7. The molecule has 0 aliphatic rings. The van der Waals surface area contributed by atoms with E-state index in [0.717, 1.165) is 11.1 Å². The lowest BCUT2D eigenvalue weighted by molar-refractivity contribution is -0.656. The number of benzene rings is 1. The second kappa shape index (κ2) is 17.8. The van der Waals surface area contributed by atoms with Crippen molar-refractivity contribution < 1.29 is 47.5 Å². The lowest BCUT2D eigenvalue weighted by Gasteiger charge is -2.22. The van der Waals surface area contributed by atoms with Crippen LogP contribution < -0.4 is 31.2 Å². The van der Waals surface area contributed by atoms with Gasteiger partial charge in [-0.3, -0.25) is 4.84 Å². The number of nitrogens with two attached hydrogens (primary N) is 1. The molecule has 1 heterocycles. The third kappa shape index (κ3) is 16.0. The van der Waals surface area contributed by atoms with Crippen molar-refractivity contribution in [1.82, 2.24) is 10.6 Å². The van der Waals surface area contributed by atoms with Gasteiger partial charge in [0.15, 0.2) is 0 Å². The SMILES string of the molecule is C[n+]1cc(-c2ccc(OC[C@H](ON)C(=O)OC(C)(C)C)cc2)ccc1NC(=O)[C@H](CCCCNC(=O)OC(C)(C)C)NC(=O)OC(C)(C)C. The zero-order chi connectivity index (χ0) is 37.0. The number of rotatable bonds is 14. The molecule has 0 saturated heterocycles. The van der Waals surface area contributed by atoms with E-state index < -0.39 is 53.0 Å². The number of alkyl carbamates (subject to hydrolysis) is 2. The van der Waals surface area contributed by atoms with Crippen molar-refractivity contribution in [2.24, 2.45) is 12.9 Å². The topological polar surface area (TPSA) is 180 Å². The molecule has 5 N–H and O–H groups in total. The minimum atomic E-state index is -1.08. The Hall–Kier alpha value is -4.43. The minimum Gasteiger partial charge on any atom is -0.490 e. The van der Waals surface area contributed by atoms with E-state index in [1.807, 2.05) is 24.4 Å². The molecule has 0 fully saturated rings. The van der Waals surface area contributed by atoms with Crippen LogP contribution in [0.3, 0.4) is 0 Å². The van der Waals surface area contributed by atoms with Crippen molar-refractivity contribution >= 4 is 29.9 Å². The number of aromatic nitrogens is 1. The van der Waals surface area contributed by atoms with E-state index in [4.69, 9.17) is 29.7 Å². The van der Waals surface area contributed by atoms with Gasteiger partial charge >= 0.3 is 24.1 Å². The Morgan fingerprint density at radius 1 is 0.776 bits per heavy atom. The summed E-state index contributed by atoms with van der Waals surface area (Å²) >= 11 is 0. The predicted molar refractivity (Wildman–Crippen MR) is 183 cm³/mol. The summed E-state index contributed by atoms with van der Waals surface area (Å²) in [6.45, 7) is 16.1. The molecule has 14 heteroatoms. The van der Waals surface area contributed by atoms with Gasteiger partial charge in [0.05, 0.1) is 13.2 Å². The van der Waals surface area contributed by atoms with Crippen LogP contribution in [0.1, 0.15) is 81.6 Å². The number of ether oxygens (including phenoxy) is 4. The number of carbonyl (C=O) groups excluding carboxylic acids is 4. The molecular formula is C35H54N5O9+. The molecule has 0 aliphatic carbocycles. The van der Waals surface area contributed by atoms with E-state index in [2.05, 4.69) is 16.0 Å². The maximum absolute atomic E-state index is 13.4. The molecule has 1 aromatic carbocycles. The van der Waals surface area contributed by atoms with E-state index in [0.29, 0.717) is 37.4 Å². The summed E-state index contributed by atoms with van der Waals surface area (Å²) in [7, 11) is 1.79. The third-order valence-corrected chi connectivity index (χ3v) is 6.40. The summed E-state index contributed by atoms with van der Waals surface area (Å²) in [6, 6.07) is 9.94. The Balaban J connectivity index is 2.04. The molecule has 3 amide bonds. The van der Waals surface area contributed by atoms with Gasteiger partial charge < -0.3 is 29.6 Å². The lowest BCUT2D eigenvalue weighted by Crippen LogP contribution is -2.47. The molecular weight excluding hydrogens is 634 g/mol. The molecule has 2 aromatic rings. The number of nitrogens with zero attached hydrogens (tertiary/aromatic N) is 1. The number of aryl methyl sites for hydroxylation is 1. The summed E-state index contributed by atoms with van der Waals surface area (Å²) in [4.78, 5) is 54.9. The second-order valence-electron chi connectivity index (χ2n) is 14.5. The monoisotopic (exact) mass is 688 g/mol. The van der Waals surface area contributed by atoms with Crippen molar-refractivity contribution in [2.75, 3.05) is 18.5 Å². The van der Waals surface area contributed by atoms with Gasteiger partial charge in [-0.05, 0) is 105 Å². The fourth-order valence-electron chi connectivity index (χ4n) is 4.26. The first-order chi connectivity index (χ1) is 22.7. The van der Waals surface area contributed by atoms with Crippen LogP contribution in [-0.4, -0.2) is 66.2 Å². The Morgan fingerprint density at radius 3 is 1.90 bits per heavy atom. The molecule has 1 aromatic heterocycles. The maximum atomic E-state index is 13.4. The van der Waals surface area contributed by atoms with Crippen LogP contribution in [0.15, 0.2) is 42.6 Å². The molecule has 272 valence electrons. The van der Waals surface area contributed by atoms with Gasteiger partial charge in [-0.2, -0.15) is 0 Å². The number of unbranched alkanes of at least 4 members (excludes halogenated alkanes) is 1. The van der Waals surface area contributed by atoms with E-state index in [1.54, 1.807) is 92.1 Å². The zero-order valence-corrected chi connectivity index (χ0v) is 30.4. The summed E-state index contributed by atoms with van der Waals surface area (Å²) in [5, 5.41) is 8.26. The first-order valence-corrected chi connectivity index (χ1v) is 16.2. The average Bonchev–Trinajstić information content (AvgIpc) is 2.95. The Labute approximate surface area is 289 Å². The van der Waals surface area contributed by atoms with Crippen molar-refractivity contribution in [2.45, 2.75) is 111 Å². The lowest BCUT2D eigenvalue weighted by atomic mass is 10.1. The summed E-state index contributed by atoms with van der Waals surface area (Å²) in [5.74, 6) is 5.26. The van der Waals surface area contributed by atoms with E-state index >= 15 is 0 Å². The molecule has 0 radical (unpaired) electrons. The largest absolute Gasteiger partial charge is 0.490 e. The molecule has 0 bridgehead atoms. The third-order valence-electron chi connectivity index (χ3n) is 6.40. The fourth-order valence-corrected chi connectivity index (χ4v) is 4.26. The highest BCUT2D eigenvalue weighted by molar-refractivity contribution is 5.95.